The fourth-order valence-corrected chi connectivity index (χ4v) is 3.40. The van der Waals surface area contributed by atoms with E-state index in [1.54, 1.807) is 13.0 Å². The molecule has 0 saturated heterocycles. The summed E-state index contributed by atoms with van der Waals surface area (Å²) in [6.07, 6.45) is -2.18. The van der Waals surface area contributed by atoms with Gasteiger partial charge in [0.05, 0.1) is 12.5 Å². The van der Waals surface area contributed by atoms with Crippen molar-refractivity contribution in [2.75, 3.05) is 6.61 Å². The molecule has 0 aromatic heterocycles. The fraction of sp³-hybridized carbons (Fsp3) is 0.318. The van der Waals surface area contributed by atoms with Gasteiger partial charge in [0.25, 0.3) is 0 Å². The Balaban J connectivity index is 1.85. The number of halogens is 7. The molecule has 0 bridgehead atoms. The Morgan fingerprint density at radius 2 is 1.59 bits per heavy atom. The lowest BCUT2D eigenvalue weighted by Gasteiger charge is -2.22. The first-order valence-electron chi connectivity index (χ1n) is 9.60. The van der Waals surface area contributed by atoms with Gasteiger partial charge in [0.15, 0.2) is 17.5 Å². The summed E-state index contributed by atoms with van der Waals surface area (Å²) in [6, 6.07) is 1.61. The van der Waals surface area contributed by atoms with Crippen molar-refractivity contribution in [2.24, 2.45) is 5.92 Å². The Labute approximate surface area is 178 Å². The minimum absolute atomic E-state index is 0.000676. The first kappa shape index (κ1) is 23.6. The normalized spacial score (nSPS) is 16.5. The molecule has 10 heteroatoms. The Kier molecular flexibility index (Phi) is 6.80. The van der Waals surface area contributed by atoms with E-state index >= 15 is 0 Å². The molecule has 0 fully saturated rings. The Morgan fingerprint density at radius 1 is 1.00 bits per heavy atom. The first-order chi connectivity index (χ1) is 15.0. The van der Waals surface area contributed by atoms with E-state index in [2.05, 4.69) is 4.74 Å². The van der Waals surface area contributed by atoms with Gasteiger partial charge in [0.1, 0.15) is 22.9 Å². The third kappa shape index (κ3) is 4.89. The first-order valence-corrected chi connectivity index (χ1v) is 9.60. The molecule has 0 saturated carbocycles. The molecule has 1 aliphatic carbocycles. The molecule has 3 nitrogen and oxygen atoms in total. The van der Waals surface area contributed by atoms with Crippen LogP contribution in [0.2, 0.25) is 0 Å². The number of carbonyl (C=O) groups is 1. The van der Waals surface area contributed by atoms with E-state index in [-0.39, 0.29) is 43.1 Å². The Hall–Kier alpha value is -3.04. The van der Waals surface area contributed by atoms with Crippen LogP contribution >= 0.6 is 0 Å². The zero-order valence-electron chi connectivity index (χ0n) is 16.7. The number of allylic oxidation sites excluding steroid dienone is 2. The number of hydrogen-bond donors (Lipinski definition) is 0. The maximum atomic E-state index is 14.5. The maximum absolute atomic E-state index is 14.5. The summed E-state index contributed by atoms with van der Waals surface area (Å²) < 4.78 is 106. The molecule has 0 spiro atoms. The van der Waals surface area contributed by atoms with Crippen molar-refractivity contribution in [1.29, 1.82) is 0 Å². The van der Waals surface area contributed by atoms with Crippen molar-refractivity contribution in [1.82, 2.24) is 0 Å². The lowest BCUT2D eigenvalue weighted by molar-refractivity contribution is -0.189. The second-order valence-corrected chi connectivity index (χ2v) is 7.09. The van der Waals surface area contributed by atoms with Gasteiger partial charge >= 0.3 is 12.1 Å². The summed E-state index contributed by atoms with van der Waals surface area (Å²) in [5.74, 6) is -10.8. The van der Waals surface area contributed by atoms with E-state index in [1.807, 2.05) is 0 Å². The number of ether oxygens (including phenoxy) is 2. The average Bonchev–Trinajstić information content (AvgIpc) is 2.71. The molecule has 1 unspecified atom stereocenters. The van der Waals surface area contributed by atoms with Gasteiger partial charge in [-0.2, -0.15) is 8.78 Å². The summed E-state index contributed by atoms with van der Waals surface area (Å²) in [6.45, 7) is 1.88. The van der Waals surface area contributed by atoms with E-state index < -0.39 is 52.4 Å². The number of rotatable bonds is 6. The van der Waals surface area contributed by atoms with Crippen molar-refractivity contribution in [3.63, 3.8) is 0 Å². The molecule has 32 heavy (non-hydrogen) atoms. The topological polar surface area (TPSA) is 35.5 Å². The molecule has 0 aliphatic heterocycles. The minimum Gasteiger partial charge on any atom is -0.466 e. The molecular formula is C22H17F7O3. The van der Waals surface area contributed by atoms with Gasteiger partial charge in [-0.25, -0.2) is 22.0 Å². The summed E-state index contributed by atoms with van der Waals surface area (Å²) >= 11 is 0. The van der Waals surface area contributed by atoms with Gasteiger partial charge < -0.3 is 9.47 Å². The number of carbonyl (C=O) groups excluding carboxylic acids is 1. The van der Waals surface area contributed by atoms with Crippen LogP contribution in [0.15, 0.2) is 30.3 Å². The number of alkyl halides is 2. The van der Waals surface area contributed by atoms with Crippen LogP contribution in [0.3, 0.4) is 0 Å². The van der Waals surface area contributed by atoms with Crippen molar-refractivity contribution in [3.05, 3.63) is 70.6 Å². The van der Waals surface area contributed by atoms with E-state index in [4.69, 9.17) is 4.74 Å². The number of esters is 1. The van der Waals surface area contributed by atoms with Crippen molar-refractivity contribution in [2.45, 2.75) is 32.3 Å². The molecule has 1 atom stereocenters. The molecule has 1 aliphatic rings. The van der Waals surface area contributed by atoms with Crippen LogP contribution in [0.1, 0.15) is 37.3 Å². The lowest BCUT2D eigenvalue weighted by atomic mass is 9.86. The molecule has 2 aromatic rings. The Bertz CT molecular complexity index is 1020. The van der Waals surface area contributed by atoms with Crippen LogP contribution in [0.25, 0.3) is 5.57 Å². The van der Waals surface area contributed by atoms with Crippen LogP contribution in [0.4, 0.5) is 30.7 Å². The van der Waals surface area contributed by atoms with Crippen molar-refractivity contribution < 1.29 is 45.0 Å². The summed E-state index contributed by atoms with van der Waals surface area (Å²) in [5.41, 5.74) is -1.31. The summed E-state index contributed by atoms with van der Waals surface area (Å²) in [5, 5.41) is 0. The minimum atomic E-state index is -4.65. The molecule has 2 aromatic carbocycles. The highest BCUT2D eigenvalue weighted by atomic mass is 19.3. The predicted molar refractivity (Wildman–Crippen MR) is 99.1 cm³/mol. The van der Waals surface area contributed by atoms with Gasteiger partial charge in [0, 0.05) is 12.1 Å². The fourth-order valence-electron chi connectivity index (χ4n) is 3.40. The second-order valence-electron chi connectivity index (χ2n) is 7.09. The number of benzene rings is 2. The van der Waals surface area contributed by atoms with Crippen LogP contribution in [0, 0.1) is 35.0 Å². The quantitative estimate of drug-likeness (QED) is 0.289. The smallest absolute Gasteiger partial charge is 0.432 e. The molecule has 3 rings (SSSR count). The van der Waals surface area contributed by atoms with E-state index in [0.29, 0.717) is 24.1 Å². The zero-order chi connectivity index (χ0) is 23.6. The average molecular weight is 462 g/mol. The third-order valence-electron chi connectivity index (χ3n) is 4.94. The van der Waals surface area contributed by atoms with Gasteiger partial charge in [-0.1, -0.05) is 6.08 Å². The largest absolute Gasteiger partial charge is 0.466 e. The monoisotopic (exact) mass is 462 g/mol. The molecule has 0 radical (unpaired) electrons. The molecule has 0 N–H and O–H groups in total. The highest BCUT2D eigenvalue weighted by Gasteiger charge is 2.41. The zero-order valence-corrected chi connectivity index (χ0v) is 16.7. The molecule has 0 amide bonds. The highest BCUT2D eigenvalue weighted by molar-refractivity contribution is 5.75. The summed E-state index contributed by atoms with van der Waals surface area (Å²) in [7, 11) is 0. The van der Waals surface area contributed by atoms with E-state index in [0.717, 1.165) is 0 Å². The SMILES string of the molecule is CCOC(=O)C1CC=C(c2cc(F)c(C(F)(F)Oc3cc(F)c(F)c(F)c3)c(F)c2)CC1. The van der Waals surface area contributed by atoms with Crippen molar-refractivity contribution >= 4 is 11.5 Å². The van der Waals surface area contributed by atoms with Gasteiger partial charge in [-0.3, -0.25) is 4.79 Å². The van der Waals surface area contributed by atoms with Crippen LogP contribution in [-0.4, -0.2) is 12.6 Å². The lowest BCUT2D eigenvalue weighted by Crippen LogP contribution is -2.25. The molecule has 172 valence electrons. The van der Waals surface area contributed by atoms with E-state index in [1.165, 1.54) is 0 Å². The highest BCUT2D eigenvalue weighted by Crippen LogP contribution is 2.38. The standard InChI is InChI=1S/C22H17F7O3/c1-2-31-21(30)12-5-3-11(4-6-12)13-7-15(23)19(16(24)8-13)22(28,29)32-14-9-17(25)20(27)18(26)10-14/h3,7-10,12H,2,4-6H2,1H3. The number of hydrogen-bond acceptors (Lipinski definition) is 3. The Morgan fingerprint density at radius 3 is 2.09 bits per heavy atom. The van der Waals surface area contributed by atoms with Crippen LogP contribution in [0.5, 0.6) is 5.75 Å². The van der Waals surface area contributed by atoms with Crippen LogP contribution < -0.4 is 4.74 Å². The van der Waals surface area contributed by atoms with Gasteiger partial charge in [-0.05, 0) is 49.5 Å². The second kappa shape index (κ2) is 9.22. The summed E-state index contributed by atoms with van der Waals surface area (Å²) in [4.78, 5) is 11.8. The molecular weight excluding hydrogens is 445 g/mol. The molecule has 0 heterocycles. The van der Waals surface area contributed by atoms with Crippen molar-refractivity contribution in [3.8, 4) is 5.75 Å². The van der Waals surface area contributed by atoms with Gasteiger partial charge in [-0.15, -0.1) is 0 Å². The van der Waals surface area contributed by atoms with E-state index in [9.17, 15) is 35.5 Å². The maximum Gasteiger partial charge on any atom is 0.432 e. The van der Waals surface area contributed by atoms with Gasteiger partial charge in [0.2, 0.25) is 0 Å². The third-order valence-corrected chi connectivity index (χ3v) is 4.94. The van der Waals surface area contributed by atoms with Crippen LogP contribution in [-0.2, 0) is 15.6 Å². The predicted octanol–water partition coefficient (Wildman–Crippen LogP) is 6.26.